The summed E-state index contributed by atoms with van der Waals surface area (Å²) in [5.74, 6) is -0.232. The molecule has 0 amide bonds. The van der Waals surface area contributed by atoms with Gasteiger partial charge in [0.2, 0.25) is 0 Å². The van der Waals surface area contributed by atoms with Gasteiger partial charge < -0.3 is 28.8 Å². The maximum absolute atomic E-state index is 11.3. The second-order valence-electron chi connectivity index (χ2n) is 6.35. The normalized spacial score (nSPS) is 36.1. The first-order chi connectivity index (χ1) is 11.6. The molecule has 0 aromatic heterocycles. The van der Waals surface area contributed by atoms with E-state index in [2.05, 4.69) is 0 Å². The van der Waals surface area contributed by atoms with E-state index in [1.165, 1.54) is 14.0 Å². The summed E-state index contributed by atoms with van der Waals surface area (Å²) in [6.45, 7) is 1.86. The van der Waals surface area contributed by atoms with Crippen LogP contribution in [0.3, 0.4) is 0 Å². The predicted octanol–water partition coefficient (Wildman–Crippen LogP) is 1.82. The molecule has 3 rings (SSSR count). The lowest BCUT2D eigenvalue weighted by atomic mass is 9.86. The lowest BCUT2D eigenvalue weighted by molar-refractivity contribution is -0.351. The van der Waals surface area contributed by atoms with Crippen molar-refractivity contribution in [2.45, 2.75) is 50.7 Å². The number of rotatable bonds is 5. The molecule has 2 heterocycles. The van der Waals surface area contributed by atoms with Gasteiger partial charge in [0.1, 0.15) is 18.0 Å². The zero-order valence-electron chi connectivity index (χ0n) is 14.0. The number of aliphatic hydroxyl groups excluding tert-OH is 1. The van der Waals surface area contributed by atoms with E-state index in [1.807, 2.05) is 30.3 Å². The Balaban J connectivity index is 1.72. The molecule has 6 nitrogen and oxygen atoms in total. The molecule has 2 aliphatic heterocycles. The number of ether oxygens (including phenoxy) is 4. The summed E-state index contributed by atoms with van der Waals surface area (Å²) < 4.78 is 23.0. The maximum atomic E-state index is 11.3. The summed E-state index contributed by atoms with van der Waals surface area (Å²) >= 11 is 0. The highest BCUT2D eigenvalue weighted by Crippen LogP contribution is 2.37. The Morgan fingerprint density at radius 1 is 1.29 bits per heavy atom. The van der Waals surface area contributed by atoms with Crippen LogP contribution in [-0.2, 0) is 23.7 Å². The molecular weight excluding hydrogens is 312 g/mol. The molecule has 1 N–H and O–H groups in total. The summed E-state index contributed by atoms with van der Waals surface area (Å²) in [6, 6.07) is 9.60. The monoisotopic (exact) mass is 336 g/mol. The maximum Gasteiger partial charge on any atom is 0.184 e. The Bertz CT molecular complexity index is 548. The van der Waals surface area contributed by atoms with Gasteiger partial charge >= 0.3 is 0 Å². The molecule has 2 aliphatic rings. The topological polar surface area (TPSA) is 74.2 Å². The van der Waals surface area contributed by atoms with Gasteiger partial charge in [-0.2, -0.15) is 0 Å². The molecule has 0 aliphatic carbocycles. The van der Waals surface area contributed by atoms with E-state index >= 15 is 0 Å². The third-order valence-corrected chi connectivity index (χ3v) is 4.63. The average Bonchev–Trinajstić information content (AvgIpc) is 2.61. The number of carbonyl (C=O) groups is 1. The third kappa shape index (κ3) is 3.68. The molecule has 132 valence electrons. The largest absolute Gasteiger partial charge is 0.390 e. The van der Waals surface area contributed by atoms with Crippen molar-refractivity contribution in [2.24, 2.45) is 5.92 Å². The highest BCUT2D eigenvalue weighted by Gasteiger charge is 2.49. The molecule has 1 aromatic carbocycles. The molecule has 24 heavy (non-hydrogen) atoms. The number of carbonyl (C=O) groups excluding carboxylic acids is 1. The van der Waals surface area contributed by atoms with E-state index in [4.69, 9.17) is 18.9 Å². The Labute approximate surface area is 141 Å². The molecule has 6 atom stereocenters. The van der Waals surface area contributed by atoms with Crippen molar-refractivity contribution in [3.63, 3.8) is 0 Å². The summed E-state index contributed by atoms with van der Waals surface area (Å²) in [6.07, 6.45) is -1.90. The zero-order valence-corrected chi connectivity index (χ0v) is 14.0. The van der Waals surface area contributed by atoms with Crippen LogP contribution in [0.15, 0.2) is 30.3 Å². The average molecular weight is 336 g/mol. The summed E-state index contributed by atoms with van der Waals surface area (Å²) in [5.41, 5.74) is 0.900. The lowest BCUT2D eigenvalue weighted by Gasteiger charge is -2.47. The molecule has 0 unspecified atom stereocenters. The van der Waals surface area contributed by atoms with E-state index in [1.54, 1.807) is 0 Å². The van der Waals surface area contributed by atoms with Crippen LogP contribution in [0.2, 0.25) is 0 Å². The number of aliphatic hydroxyl groups is 1. The first-order valence-electron chi connectivity index (χ1n) is 8.28. The molecule has 2 saturated heterocycles. The van der Waals surface area contributed by atoms with E-state index in [-0.39, 0.29) is 11.7 Å². The van der Waals surface area contributed by atoms with Crippen LogP contribution in [0.1, 0.15) is 31.6 Å². The summed E-state index contributed by atoms with van der Waals surface area (Å²) in [4.78, 5) is 11.3. The number of benzene rings is 1. The summed E-state index contributed by atoms with van der Waals surface area (Å²) in [5, 5.41) is 10.8. The Kier molecular flexibility index (Phi) is 5.63. The van der Waals surface area contributed by atoms with Crippen LogP contribution < -0.4 is 0 Å². The van der Waals surface area contributed by atoms with Crippen LogP contribution >= 0.6 is 0 Å². The standard InChI is InChI=1S/C18H24O6/c1-11(19)8-9-13-15(20)16-14(23-18(13)21-2)10-22-17(24-16)12-6-4-3-5-7-12/h3-7,13-18,20H,8-10H2,1-2H3/t13-,14+,15-,16+,17+,18-/m0/s1. The van der Waals surface area contributed by atoms with Crippen molar-refractivity contribution in [3.05, 3.63) is 35.9 Å². The lowest BCUT2D eigenvalue weighted by Crippen LogP contribution is -2.59. The van der Waals surface area contributed by atoms with Gasteiger partial charge in [-0.1, -0.05) is 30.3 Å². The van der Waals surface area contributed by atoms with E-state index in [0.717, 1.165) is 5.56 Å². The highest BCUT2D eigenvalue weighted by molar-refractivity contribution is 5.75. The Morgan fingerprint density at radius 2 is 2.04 bits per heavy atom. The minimum atomic E-state index is -0.775. The molecule has 2 fully saturated rings. The molecule has 1 aromatic rings. The number of hydrogen-bond acceptors (Lipinski definition) is 6. The number of fused-ring (bicyclic) bond motifs is 1. The van der Waals surface area contributed by atoms with Crippen LogP contribution in [-0.4, -0.2) is 49.2 Å². The van der Waals surface area contributed by atoms with Crippen molar-refractivity contribution in [1.82, 2.24) is 0 Å². The van der Waals surface area contributed by atoms with Gasteiger partial charge in [0.25, 0.3) is 0 Å². The fourth-order valence-corrected chi connectivity index (χ4v) is 3.33. The Morgan fingerprint density at radius 3 is 2.71 bits per heavy atom. The van der Waals surface area contributed by atoms with Crippen molar-refractivity contribution >= 4 is 5.78 Å². The van der Waals surface area contributed by atoms with Crippen LogP contribution in [0.5, 0.6) is 0 Å². The minimum Gasteiger partial charge on any atom is -0.390 e. The first-order valence-corrected chi connectivity index (χ1v) is 8.28. The second kappa shape index (κ2) is 7.72. The van der Waals surface area contributed by atoms with Gasteiger partial charge in [0.15, 0.2) is 12.6 Å². The van der Waals surface area contributed by atoms with Crippen LogP contribution in [0.25, 0.3) is 0 Å². The van der Waals surface area contributed by atoms with Gasteiger partial charge in [-0.25, -0.2) is 0 Å². The fraction of sp³-hybridized carbons (Fsp3) is 0.611. The van der Waals surface area contributed by atoms with E-state index < -0.39 is 30.9 Å². The zero-order chi connectivity index (χ0) is 17.1. The molecular formula is C18H24O6. The number of Topliss-reactive ketones (excluding diaryl/α,β-unsaturated/α-hetero) is 1. The fourth-order valence-electron chi connectivity index (χ4n) is 3.33. The number of methoxy groups -OCH3 is 1. The van der Waals surface area contributed by atoms with Gasteiger partial charge in [-0.05, 0) is 13.3 Å². The molecule has 0 radical (unpaired) electrons. The van der Waals surface area contributed by atoms with Gasteiger partial charge in [0.05, 0.1) is 12.7 Å². The smallest absolute Gasteiger partial charge is 0.184 e. The van der Waals surface area contributed by atoms with Crippen molar-refractivity contribution in [3.8, 4) is 0 Å². The minimum absolute atomic E-state index is 0.0780. The van der Waals surface area contributed by atoms with Gasteiger partial charge in [-0.3, -0.25) is 0 Å². The second-order valence-corrected chi connectivity index (χ2v) is 6.35. The first kappa shape index (κ1) is 17.5. The van der Waals surface area contributed by atoms with Crippen LogP contribution in [0, 0.1) is 5.92 Å². The molecule has 0 spiro atoms. The SMILES string of the molecule is CO[C@H]1O[C@@H]2CO[C@@H](c3ccccc3)O[C@H]2[C@@H](O)[C@@H]1CCC(C)=O. The Hall–Kier alpha value is -1.31. The van der Waals surface area contributed by atoms with Gasteiger partial charge in [0, 0.05) is 25.0 Å². The summed E-state index contributed by atoms with van der Waals surface area (Å²) in [7, 11) is 1.54. The quantitative estimate of drug-likeness (QED) is 0.884. The molecule has 0 saturated carbocycles. The predicted molar refractivity (Wildman–Crippen MR) is 85.1 cm³/mol. The van der Waals surface area contributed by atoms with Gasteiger partial charge in [-0.15, -0.1) is 0 Å². The van der Waals surface area contributed by atoms with Crippen LogP contribution in [0.4, 0.5) is 0 Å². The number of hydrogen-bond donors (Lipinski definition) is 1. The molecule has 0 bridgehead atoms. The molecule has 6 heteroatoms. The third-order valence-electron chi connectivity index (χ3n) is 4.63. The van der Waals surface area contributed by atoms with E-state index in [9.17, 15) is 9.90 Å². The number of ketones is 1. The van der Waals surface area contributed by atoms with Crippen molar-refractivity contribution < 1.29 is 28.8 Å². The van der Waals surface area contributed by atoms with Crippen molar-refractivity contribution in [2.75, 3.05) is 13.7 Å². The highest BCUT2D eigenvalue weighted by atomic mass is 16.7. The van der Waals surface area contributed by atoms with Crippen molar-refractivity contribution in [1.29, 1.82) is 0 Å². The van der Waals surface area contributed by atoms with E-state index in [0.29, 0.717) is 19.4 Å².